The van der Waals surface area contributed by atoms with Crippen molar-refractivity contribution < 1.29 is 46.5 Å². The predicted octanol–water partition coefficient (Wildman–Crippen LogP) is 6.15. The highest BCUT2D eigenvalue weighted by molar-refractivity contribution is 9.10. The molecule has 0 unspecified atom stereocenters. The number of halogens is 5. The van der Waals surface area contributed by atoms with Gasteiger partial charge in [0.2, 0.25) is 5.91 Å². The van der Waals surface area contributed by atoms with Crippen LogP contribution in [0.5, 0.6) is 5.75 Å². The molecule has 6 rings (SSSR count). The first-order chi connectivity index (χ1) is 25.8. The van der Waals surface area contributed by atoms with Crippen LogP contribution in [-0.4, -0.2) is 89.4 Å². The van der Waals surface area contributed by atoms with Crippen molar-refractivity contribution in [3.05, 3.63) is 105 Å². The van der Waals surface area contributed by atoms with Crippen molar-refractivity contribution in [1.82, 2.24) is 15.1 Å². The molecule has 9 nitrogen and oxygen atoms in total. The Bertz CT molecular complexity index is 1880. The van der Waals surface area contributed by atoms with Gasteiger partial charge in [0, 0.05) is 56.7 Å². The number of hydrogen-bond acceptors (Lipinski definition) is 7. The van der Waals surface area contributed by atoms with Gasteiger partial charge in [-0.25, -0.2) is 9.18 Å². The molecule has 1 saturated carbocycles. The molecule has 2 heterocycles. The number of hydrogen-bond donors (Lipinski definition) is 2. The van der Waals surface area contributed by atoms with E-state index in [1.54, 1.807) is 29.2 Å². The maximum absolute atomic E-state index is 14.8. The zero-order valence-electron chi connectivity index (χ0n) is 29.7. The number of fused-ring (bicyclic) bond motifs is 2. The molecule has 2 aliphatic heterocycles. The minimum Gasteiger partial charge on any atom is -0.492 e. The van der Waals surface area contributed by atoms with Crippen LogP contribution in [0.1, 0.15) is 54.9 Å². The Balaban J connectivity index is 1.21. The lowest BCUT2D eigenvalue weighted by Gasteiger charge is -2.44. The average Bonchev–Trinajstić information content (AvgIpc) is 3.98. The third kappa shape index (κ3) is 9.88. The summed E-state index contributed by atoms with van der Waals surface area (Å²) in [6, 6.07) is 19.0. The number of aryl methyl sites for hydroxylation is 1. The molecule has 288 valence electrons. The summed E-state index contributed by atoms with van der Waals surface area (Å²) in [5.41, 5.74) is 4.86. The highest BCUT2D eigenvalue weighted by Crippen LogP contribution is 2.38. The Morgan fingerprint density at radius 1 is 1.04 bits per heavy atom. The molecular formula is C40H42BrF4N3O6. The van der Waals surface area contributed by atoms with Gasteiger partial charge in [-0.15, -0.1) is 0 Å². The van der Waals surface area contributed by atoms with Gasteiger partial charge in [0.05, 0.1) is 23.2 Å². The third-order valence-electron chi connectivity index (χ3n) is 9.94. The minimum atomic E-state index is -5.16. The highest BCUT2D eigenvalue weighted by Gasteiger charge is 2.43. The number of ether oxygens (including phenoxy) is 2. The SMILES string of the molecule is CC(=O)N1C[C@H]2CC(c3ccc(CCCOc4cc(F)ccc4Br)cc3)=C(C(=O)N(Cc3ccccc3C[C@H](O)COC(=O)C(F)(F)F)C3CC3)[C@@H](C1)N2. The quantitative estimate of drug-likeness (QED) is 0.114. The minimum absolute atomic E-state index is 0.0280. The van der Waals surface area contributed by atoms with Gasteiger partial charge in [-0.3, -0.25) is 9.59 Å². The molecule has 2 N–H and O–H groups in total. The van der Waals surface area contributed by atoms with E-state index in [-0.39, 0.29) is 42.7 Å². The van der Waals surface area contributed by atoms with E-state index >= 15 is 0 Å². The van der Waals surface area contributed by atoms with Gasteiger partial charge in [-0.05, 0) is 88.0 Å². The van der Waals surface area contributed by atoms with E-state index in [4.69, 9.17) is 4.74 Å². The number of rotatable bonds is 14. The maximum Gasteiger partial charge on any atom is 0.490 e. The van der Waals surface area contributed by atoms with E-state index in [0.717, 1.165) is 41.5 Å². The van der Waals surface area contributed by atoms with Crippen molar-refractivity contribution in [2.75, 3.05) is 26.3 Å². The summed E-state index contributed by atoms with van der Waals surface area (Å²) in [6.07, 6.45) is -3.04. The molecule has 14 heteroatoms. The van der Waals surface area contributed by atoms with Gasteiger partial charge in [0.25, 0.3) is 5.91 Å². The molecule has 3 atom stereocenters. The lowest BCUT2D eigenvalue weighted by atomic mass is 9.82. The van der Waals surface area contributed by atoms with Gasteiger partial charge in [-0.2, -0.15) is 13.2 Å². The number of carbonyl (C=O) groups excluding carboxylic acids is 3. The second-order valence-corrected chi connectivity index (χ2v) is 14.9. The average molecular weight is 817 g/mol. The summed E-state index contributed by atoms with van der Waals surface area (Å²) < 4.78 is 62.2. The molecule has 3 aromatic carbocycles. The molecule has 2 fully saturated rings. The number of amides is 2. The van der Waals surface area contributed by atoms with E-state index < -0.39 is 30.9 Å². The first kappa shape index (κ1) is 39.4. The highest BCUT2D eigenvalue weighted by atomic mass is 79.9. The molecule has 54 heavy (non-hydrogen) atoms. The summed E-state index contributed by atoms with van der Waals surface area (Å²) in [5.74, 6) is -2.51. The molecule has 3 aromatic rings. The van der Waals surface area contributed by atoms with Crippen LogP contribution in [0.15, 0.2) is 76.8 Å². The fourth-order valence-corrected chi connectivity index (χ4v) is 7.47. The van der Waals surface area contributed by atoms with E-state index in [1.807, 2.05) is 35.2 Å². The molecule has 2 bridgehead atoms. The fourth-order valence-electron chi connectivity index (χ4n) is 7.11. The zero-order chi connectivity index (χ0) is 38.6. The smallest absolute Gasteiger partial charge is 0.490 e. The number of benzene rings is 3. The second kappa shape index (κ2) is 17.0. The number of esters is 1. The van der Waals surface area contributed by atoms with Crippen LogP contribution in [0.2, 0.25) is 0 Å². The van der Waals surface area contributed by atoms with Crippen LogP contribution in [0.25, 0.3) is 5.57 Å². The molecule has 0 spiro atoms. The Morgan fingerprint density at radius 3 is 2.44 bits per heavy atom. The van der Waals surface area contributed by atoms with Crippen LogP contribution in [0.4, 0.5) is 17.6 Å². The summed E-state index contributed by atoms with van der Waals surface area (Å²) in [6.45, 7) is 2.17. The van der Waals surface area contributed by atoms with E-state index in [2.05, 4.69) is 26.0 Å². The lowest BCUT2D eigenvalue weighted by molar-refractivity contribution is -0.201. The fraction of sp³-hybridized carbons (Fsp3) is 0.425. The maximum atomic E-state index is 14.8. The second-order valence-electron chi connectivity index (χ2n) is 14.0. The number of piperazine rings is 1. The van der Waals surface area contributed by atoms with Crippen LogP contribution >= 0.6 is 15.9 Å². The van der Waals surface area contributed by atoms with Gasteiger partial charge < -0.3 is 29.7 Å². The first-order valence-corrected chi connectivity index (χ1v) is 18.8. The van der Waals surface area contributed by atoms with Crippen molar-refractivity contribution in [1.29, 1.82) is 0 Å². The molecule has 3 aliphatic rings. The topological polar surface area (TPSA) is 108 Å². The summed E-state index contributed by atoms with van der Waals surface area (Å²) >= 11 is 3.38. The Morgan fingerprint density at radius 2 is 1.76 bits per heavy atom. The van der Waals surface area contributed by atoms with Crippen LogP contribution in [0, 0.1) is 5.82 Å². The Kier molecular flexibility index (Phi) is 12.4. The van der Waals surface area contributed by atoms with Crippen molar-refractivity contribution in [2.45, 2.75) is 82.4 Å². The normalized spacial score (nSPS) is 19.0. The summed E-state index contributed by atoms with van der Waals surface area (Å²) in [7, 11) is 0. The molecule has 1 aliphatic carbocycles. The first-order valence-electron chi connectivity index (χ1n) is 18.0. The van der Waals surface area contributed by atoms with Crippen molar-refractivity contribution in [3.8, 4) is 5.75 Å². The standard InChI is InChI=1S/C40H42BrF4N3O6/c1-24(49)47-21-30-19-33(26-10-8-25(9-11-26)5-4-16-53-36-18-29(42)12-15-34(36)41)37(35(22-47)46-30)38(51)48(31-13-14-31)20-28-7-3-2-6-27(28)17-32(50)23-54-39(52)40(43,44)45/h2-3,6-12,15,18,30-32,35,46,50H,4-5,13-14,16-17,19-23H2,1H3/t30-,32+,35-/m1/s1. The van der Waals surface area contributed by atoms with E-state index in [1.165, 1.54) is 19.1 Å². The predicted molar refractivity (Wildman–Crippen MR) is 196 cm³/mol. The lowest BCUT2D eigenvalue weighted by Crippen LogP contribution is -2.61. The summed E-state index contributed by atoms with van der Waals surface area (Å²) in [4.78, 5) is 42.1. The van der Waals surface area contributed by atoms with E-state index in [0.29, 0.717) is 53.9 Å². The van der Waals surface area contributed by atoms with Crippen LogP contribution in [0.3, 0.4) is 0 Å². The number of aliphatic hydroxyl groups excluding tert-OH is 1. The van der Waals surface area contributed by atoms with Crippen molar-refractivity contribution in [3.63, 3.8) is 0 Å². The van der Waals surface area contributed by atoms with Gasteiger partial charge >= 0.3 is 12.1 Å². The van der Waals surface area contributed by atoms with Crippen molar-refractivity contribution in [2.24, 2.45) is 0 Å². The van der Waals surface area contributed by atoms with E-state index in [9.17, 15) is 37.1 Å². The molecule has 1 saturated heterocycles. The Labute approximate surface area is 319 Å². The number of nitrogens with zero attached hydrogens (tertiary/aromatic N) is 2. The number of alkyl halides is 3. The van der Waals surface area contributed by atoms with Crippen LogP contribution < -0.4 is 10.1 Å². The number of aliphatic hydroxyl groups is 1. The largest absolute Gasteiger partial charge is 0.492 e. The summed E-state index contributed by atoms with van der Waals surface area (Å²) in [5, 5.41) is 14.1. The molecule has 2 amide bonds. The number of nitrogens with one attached hydrogen (secondary N) is 1. The van der Waals surface area contributed by atoms with Gasteiger partial charge in [-0.1, -0.05) is 48.5 Å². The Hall–Kier alpha value is -4.27. The monoisotopic (exact) mass is 815 g/mol. The van der Waals surface area contributed by atoms with Gasteiger partial charge in [0.1, 0.15) is 18.2 Å². The third-order valence-corrected chi connectivity index (χ3v) is 10.6. The van der Waals surface area contributed by atoms with Crippen molar-refractivity contribution >= 4 is 39.3 Å². The molecular weight excluding hydrogens is 774 g/mol. The zero-order valence-corrected chi connectivity index (χ0v) is 31.3. The molecule has 0 radical (unpaired) electrons. The van der Waals surface area contributed by atoms with Gasteiger partial charge in [0.15, 0.2) is 0 Å². The van der Waals surface area contributed by atoms with Crippen LogP contribution in [-0.2, 0) is 38.5 Å². The molecule has 0 aromatic heterocycles. The number of carbonyl (C=O) groups is 3.